The molecule has 1 atom stereocenters. The van der Waals surface area contributed by atoms with Crippen molar-refractivity contribution in [2.45, 2.75) is 32.2 Å². The predicted octanol–water partition coefficient (Wildman–Crippen LogP) is 2.70. The third kappa shape index (κ3) is 3.34. The highest BCUT2D eigenvalue weighted by Crippen LogP contribution is 2.27. The fourth-order valence-electron chi connectivity index (χ4n) is 3.31. The van der Waals surface area contributed by atoms with E-state index in [1.54, 1.807) is 24.3 Å². The minimum atomic E-state index is -0.0702. The number of piperidine rings is 1. The molecule has 7 nitrogen and oxygen atoms in total. The Bertz CT molecular complexity index is 854. The number of rotatable bonds is 4. The fraction of sp³-hybridized carbons (Fsp3) is 0.412. The summed E-state index contributed by atoms with van der Waals surface area (Å²) < 4.78 is 7.17. The van der Waals surface area contributed by atoms with E-state index in [4.69, 9.17) is 4.52 Å². The van der Waals surface area contributed by atoms with E-state index in [1.165, 1.54) is 0 Å². The lowest BCUT2D eigenvalue weighted by atomic mass is 9.96. The van der Waals surface area contributed by atoms with Crippen molar-refractivity contribution in [1.82, 2.24) is 24.6 Å². The number of aromatic nitrogens is 4. The van der Waals surface area contributed by atoms with Crippen LogP contribution >= 0.6 is 11.3 Å². The molecular formula is C17H19N5O2S. The van der Waals surface area contributed by atoms with Gasteiger partial charge in [-0.3, -0.25) is 4.79 Å². The van der Waals surface area contributed by atoms with Gasteiger partial charge in [-0.25, -0.2) is 9.97 Å². The summed E-state index contributed by atoms with van der Waals surface area (Å²) in [5.41, 5.74) is 3.25. The van der Waals surface area contributed by atoms with Crippen LogP contribution in [0.15, 0.2) is 33.9 Å². The van der Waals surface area contributed by atoms with Gasteiger partial charge in [0, 0.05) is 42.8 Å². The van der Waals surface area contributed by atoms with Crippen LogP contribution in [0.25, 0.3) is 0 Å². The van der Waals surface area contributed by atoms with Gasteiger partial charge < -0.3 is 14.0 Å². The van der Waals surface area contributed by atoms with Gasteiger partial charge in [-0.05, 0) is 19.8 Å². The molecule has 1 amide bonds. The zero-order valence-electron chi connectivity index (χ0n) is 14.0. The summed E-state index contributed by atoms with van der Waals surface area (Å²) in [6.45, 7) is 3.90. The number of hydrogen-bond acceptors (Lipinski definition) is 6. The smallest absolute Gasteiger partial charge is 0.276 e. The molecule has 4 heterocycles. The lowest BCUT2D eigenvalue weighted by molar-refractivity contribution is 0.0693. The Morgan fingerprint density at radius 2 is 2.36 bits per heavy atom. The molecule has 0 bridgehead atoms. The quantitative estimate of drug-likeness (QED) is 0.717. The number of hydrogen-bond donors (Lipinski definition) is 0. The molecule has 0 unspecified atom stereocenters. The first-order valence-electron chi connectivity index (χ1n) is 8.31. The summed E-state index contributed by atoms with van der Waals surface area (Å²) in [6, 6.07) is 1.69. The number of aryl methyl sites for hydroxylation is 1. The van der Waals surface area contributed by atoms with Gasteiger partial charge in [0.25, 0.3) is 5.91 Å². The van der Waals surface area contributed by atoms with Crippen LogP contribution in [0.2, 0.25) is 0 Å². The van der Waals surface area contributed by atoms with Crippen molar-refractivity contribution in [2.75, 3.05) is 13.1 Å². The van der Waals surface area contributed by atoms with E-state index in [-0.39, 0.29) is 11.8 Å². The molecule has 1 fully saturated rings. The summed E-state index contributed by atoms with van der Waals surface area (Å²) in [5.74, 6) is 1.82. The van der Waals surface area contributed by atoms with E-state index in [2.05, 4.69) is 19.7 Å². The summed E-state index contributed by atoms with van der Waals surface area (Å²) in [4.78, 5) is 23.4. The lowest BCUT2D eigenvalue weighted by Crippen LogP contribution is -2.40. The van der Waals surface area contributed by atoms with Crippen molar-refractivity contribution in [1.29, 1.82) is 0 Å². The highest BCUT2D eigenvalue weighted by molar-refractivity contribution is 7.07. The molecule has 0 aromatic carbocycles. The number of carbonyl (C=O) groups excluding carboxylic acids is 1. The van der Waals surface area contributed by atoms with Crippen molar-refractivity contribution >= 4 is 17.2 Å². The highest BCUT2D eigenvalue weighted by Gasteiger charge is 2.29. The third-order valence-electron chi connectivity index (χ3n) is 4.48. The number of imidazole rings is 1. The summed E-state index contributed by atoms with van der Waals surface area (Å²) in [6.07, 6.45) is 5.78. The molecule has 25 heavy (non-hydrogen) atoms. The maximum atomic E-state index is 12.6. The molecule has 0 radical (unpaired) electrons. The maximum Gasteiger partial charge on any atom is 0.276 e. The maximum absolute atomic E-state index is 12.6. The largest absolute Gasteiger partial charge is 0.361 e. The van der Waals surface area contributed by atoms with Gasteiger partial charge in [-0.1, -0.05) is 5.16 Å². The number of carbonyl (C=O) groups is 1. The molecule has 4 rings (SSSR count). The van der Waals surface area contributed by atoms with Gasteiger partial charge in [0.05, 0.1) is 17.7 Å². The fourth-order valence-corrected chi connectivity index (χ4v) is 3.86. The third-order valence-corrected chi connectivity index (χ3v) is 5.12. The first-order chi connectivity index (χ1) is 12.2. The monoisotopic (exact) mass is 357 g/mol. The van der Waals surface area contributed by atoms with Crippen LogP contribution in [0.4, 0.5) is 0 Å². The predicted molar refractivity (Wildman–Crippen MR) is 92.6 cm³/mol. The molecule has 130 valence electrons. The molecule has 0 saturated carbocycles. The van der Waals surface area contributed by atoms with E-state index in [1.807, 2.05) is 28.2 Å². The molecule has 8 heteroatoms. The minimum absolute atomic E-state index is 0.0702. The highest BCUT2D eigenvalue weighted by atomic mass is 32.1. The van der Waals surface area contributed by atoms with E-state index < -0.39 is 0 Å². The van der Waals surface area contributed by atoms with Gasteiger partial charge in [-0.15, -0.1) is 11.3 Å². The first kappa shape index (κ1) is 16.0. The van der Waals surface area contributed by atoms with Crippen molar-refractivity contribution in [2.24, 2.45) is 0 Å². The molecule has 1 saturated heterocycles. The average Bonchev–Trinajstić information content (AvgIpc) is 3.37. The number of nitrogens with zero attached hydrogens (tertiary/aromatic N) is 5. The van der Waals surface area contributed by atoms with Crippen LogP contribution in [0.3, 0.4) is 0 Å². The van der Waals surface area contributed by atoms with E-state index >= 15 is 0 Å². The molecule has 1 aliphatic rings. The number of thiazole rings is 1. The van der Waals surface area contributed by atoms with Crippen LogP contribution in [-0.4, -0.2) is 43.6 Å². The van der Waals surface area contributed by atoms with Crippen molar-refractivity contribution < 1.29 is 9.32 Å². The average molecular weight is 357 g/mol. The van der Waals surface area contributed by atoms with E-state index in [0.717, 1.165) is 30.9 Å². The Morgan fingerprint density at radius 1 is 1.44 bits per heavy atom. The first-order valence-corrected chi connectivity index (χ1v) is 9.25. The Morgan fingerprint density at radius 3 is 3.12 bits per heavy atom. The zero-order valence-corrected chi connectivity index (χ0v) is 14.8. The topological polar surface area (TPSA) is 77.1 Å². The van der Waals surface area contributed by atoms with E-state index in [9.17, 15) is 4.79 Å². The number of amides is 1. The van der Waals surface area contributed by atoms with Crippen molar-refractivity contribution in [3.05, 3.63) is 52.3 Å². The Hall–Kier alpha value is -2.48. The molecule has 0 N–H and O–H groups in total. The van der Waals surface area contributed by atoms with Gasteiger partial charge in [0.1, 0.15) is 11.6 Å². The molecule has 0 spiro atoms. The molecular weight excluding hydrogens is 338 g/mol. The standard InChI is InChI=1S/C17H19N5O2S/c1-12-7-15(20-24-12)17(23)22-5-2-3-13(8-22)16-18-4-6-21(16)9-14-10-25-11-19-14/h4,6-7,10-11,13H,2-3,5,8-9H2,1H3/t13-/m1/s1. The second kappa shape index (κ2) is 6.79. The minimum Gasteiger partial charge on any atom is -0.361 e. The van der Waals surface area contributed by atoms with E-state index in [0.29, 0.717) is 24.5 Å². The van der Waals surface area contributed by atoms with Crippen LogP contribution in [0.5, 0.6) is 0 Å². The van der Waals surface area contributed by atoms with Crippen LogP contribution < -0.4 is 0 Å². The molecule has 3 aromatic rings. The van der Waals surface area contributed by atoms with Crippen LogP contribution in [0.1, 0.15) is 46.5 Å². The Labute approximate surface area is 149 Å². The number of likely N-dealkylation sites (tertiary alicyclic amines) is 1. The second-order valence-electron chi connectivity index (χ2n) is 6.31. The normalized spacial score (nSPS) is 17.8. The lowest BCUT2D eigenvalue weighted by Gasteiger charge is -2.32. The van der Waals surface area contributed by atoms with Crippen LogP contribution in [-0.2, 0) is 6.54 Å². The SMILES string of the molecule is Cc1cc(C(=O)N2CCC[C@@H](c3nccn3Cc3cscn3)C2)no1. The summed E-state index contributed by atoms with van der Waals surface area (Å²) in [5, 5.41) is 5.90. The Kier molecular flexibility index (Phi) is 4.35. The van der Waals surface area contributed by atoms with Gasteiger partial charge in [-0.2, -0.15) is 0 Å². The van der Waals surface area contributed by atoms with Crippen LogP contribution in [0, 0.1) is 6.92 Å². The van der Waals surface area contributed by atoms with Gasteiger partial charge >= 0.3 is 0 Å². The summed E-state index contributed by atoms with van der Waals surface area (Å²) in [7, 11) is 0. The second-order valence-corrected chi connectivity index (χ2v) is 7.02. The Balaban J connectivity index is 1.50. The van der Waals surface area contributed by atoms with Gasteiger partial charge in [0.15, 0.2) is 5.69 Å². The van der Waals surface area contributed by atoms with Crippen molar-refractivity contribution in [3.63, 3.8) is 0 Å². The zero-order chi connectivity index (χ0) is 17.2. The summed E-state index contributed by atoms with van der Waals surface area (Å²) >= 11 is 1.59. The van der Waals surface area contributed by atoms with Gasteiger partial charge in [0.2, 0.25) is 0 Å². The molecule has 1 aliphatic heterocycles. The van der Waals surface area contributed by atoms with Crippen molar-refractivity contribution in [3.8, 4) is 0 Å². The molecule has 0 aliphatic carbocycles. The molecule has 3 aromatic heterocycles.